The van der Waals surface area contributed by atoms with E-state index >= 15 is 0 Å². The van der Waals surface area contributed by atoms with Gasteiger partial charge in [-0.15, -0.1) is 0 Å². The van der Waals surface area contributed by atoms with Crippen LogP contribution in [0.15, 0.2) is 17.2 Å². The van der Waals surface area contributed by atoms with Gasteiger partial charge in [0.05, 0.1) is 29.8 Å². The Morgan fingerprint density at radius 1 is 1.42 bits per heavy atom. The van der Waals surface area contributed by atoms with E-state index in [0.717, 1.165) is 38.3 Å². The number of nitrogens with zero attached hydrogens (tertiary/aromatic N) is 2. The molecule has 2 unspecified atom stereocenters. The molecule has 3 heterocycles. The molecule has 0 saturated carbocycles. The summed E-state index contributed by atoms with van der Waals surface area (Å²) in [6, 6.07) is 2.93. The van der Waals surface area contributed by atoms with E-state index in [1.165, 1.54) is 6.07 Å². The van der Waals surface area contributed by atoms with Crippen LogP contribution in [0.2, 0.25) is 0 Å². The van der Waals surface area contributed by atoms with Crippen molar-refractivity contribution in [3.8, 4) is 0 Å². The lowest BCUT2D eigenvalue weighted by Gasteiger charge is -2.34. The second kappa shape index (κ2) is 6.03. The monoisotopic (exact) mass is 333 g/mol. The summed E-state index contributed by atoms with van der Waals surface area (Å²) in [6.45, 7) is 4.42. The van der Waals surface area contributed by atoms with Crippen LogP contribution in [0.1, 0.15) is 28.8 Å². The third kappa shape index (κ3) is 2.61. The third-order valence-electron chi connectivity index (χ3n) is 4.78. The minimum Gasteiger partial charge on any atom is -0.432 e. The Bertz CT molecular complexity index is 702. The zero-order valence-corrected chi connectivity index (χ0v) is 13.4. The lowest BCUT2D eigenvalue weighted by molar-refractivity contribution is 0.0434. The Labute approximate surface area is 139 Å². The molecule has 3 aliphatic rings. The number of cyclic esters (lactones) is 1. The van der Waals surface area contributed by atoms with E-state index in [4.69, 9.17) is 4.74 Å². The molecule has 1 saturated heterocycles. The predicted molar refractivity (Wildman–Crippen MR) is 87.1 cm³/mol. The van der Waals surface area contributed by atoms with Gasteiger partial charge < -0.3 is 15.4 Å². The summed E-state index contributed by atoms with van der Waals surface area (Å²) in [7, 11) is 0. The van der Waals surface area contributed by atoms with Crippen LogP contribution >= 0.6 is 0 Å². The molecule has 1 fully saturated rings. The lowest BCUT2D eigenvalue weighted by Crippen LogP contribution is -2.49. The summed E-state index contributed by atoms with van der Waals surface area (Å²) >= 11 is 0. The smallest absolute Gasteiger partial charge is 0.342 e. The molecule has 3 N–H and O–H groups in total. The summed E-state index contributed by atoms with van der Waals surface area (Å²) in [5.74, 6) is -0.927. The number of hydrogen-bond acceptors (Lipinski definition) is 7. The van der Waals surface area contributed by atoms with Crippen molar-refractivity contribution in [1.29, 1.82) is 0 Å². The number of carbonyl (C=O) groups excluding carboxylic acids is 1. The molecule has 0 radical (unpaired) electrons. The normalized spacial score (nSPS) is 26.9. The molecule has 8 heteroatoms. The molecular weight excluding hydrogens is 313 g/mol. The molecule has 24 heavy (non-hydrogen) atoms. The van der Waals surface area contributed by atoms with Crippen molar-refractivity contribution in [2.24, 2.45) is 5.10 Å². The molecule has 2 atom stereocenters. The van der Waals surface area contributed by atoms with E-state index in [1.807, 2.05) is 0 Å². The van der Waals surface area contributed by atoms with Crippen LogP contribution in [0.4, 0.5) is 10.1 Å². The van der Waals surface area contributed by atoms with Gasteiger partial charge in [-0.2, -0.15) is 5.10 Å². The highest BCUT2D eigenvalue weighted by Crippen LogP contribution is 2.29. The zero-order valence-electron chi connectivity index (χ0n) is 13.4. The van der Waals surface area contributed by atoms with Crippen molar-refractivity contribution < 1.29 is 13.9 Å². The second-order valence-electron chi connectivity index (χ2n) is 6.28. The average Bonchev–Trinajstić information content (AvgIpc) is 3.12. The lowest BCUT2D eigenvalue weighted by atomic mass is 10.0. The van der Waals surface area contributed by atoms with Crippen molar-refractivity contribution in [3.05, 3.63) is 29.1 Å². The minimum absolute atomic E-state index is 0.201. The van der Waals surface area contributed by atoms with Crippen molar-refractivity contribution in [3.63, 3.8) is 0 Å². The summed E-state index contributed by atoms with van der Waals surface area (Å²) < 4.78 is 19.1. The van der Waals surface area contributed by atoms with Gasteiger partial charge in [0, 0.05) is 18.7 Å². The number of carbonyl (C=O) groups is 1. The van der Waals surface area contributed by atoms with E-state index in [2.05, 4.69) is 26.1 Å². The maximum Gasteiger partial charge on any atom is 0.342 e. The Morgan fingerprint density at radius 3 is 3.00 bits per heavy atom. The van der Waals surface area contributed by atoms with Crippen molar-refractivity contribution in [2.75, 3.05) is 25.1 Å². The molecule has 1 aromatic carbocycles. The van der Waals surface area contributed by atoms with Crippen LogP contribution in [0.5, 0.6) is 0 Å². The number of halogens is 1. The molecule has 0 amide bonds. The first-order valence-corrected chi connectivity index (χ1v) is 8.17. The maximum absolute atomic E-state index is 13.6. The molecule has 0 spiro atoms. The van der Waals surface area contributed by atoms with Crippen LogP contribution in [0.25, 0.3) is 0 Å². The topological polar surface area (TPSA) is 78.0 Å². The molecule has 4 rings (SSSR count). The zero-order chi connectivity index (χ0) is 16.7. The van der Waals surface area contributed by atoms with Gasteiger partial charge in [0.1, 0.15) is 5.82 Å². The first-order valence-electron chi connectivity index (χ1n) is 8.17. The van der Waals surface area contributed by atoms with Gasteiger partial charge in [-0.05, 0) is 31.9 Å². The van der Waals surface area contributed by atoms with Gasteiger partial charge in [0.15, 0.2) is 0 Å². The van der Waals surface area contributed by atoms with Gasteiger partial charge in [0.25, 0.3) is 0 Å². The Kier molecular flexibility index (Phi) is 3.85. The fourth-order valence-electron chi connectivity index (χ4n) is 3.36. The van der Waals surface area contributed by atoms with Gasteiger partial charge in [-0.3, -0.25) is 10.3 Å². The van der Waals surface area contributed by atoms with Crippen molar-refractivity contribution in [1.82, 2.24) is 15.6 Å². The third-order valence-corrected chi connectivity index (χ3v) is 4.78. The Hall–Kier alpha value is -2.19. The van der Waals surface area contributed by atoms with Crippen molar-refractivity contribution in [2.45, 2.75) is 32.2 Å². The van der Waals surface area contributed by atoms with Crippen LogP contribution in [0, 0.1) is 12.7 Å². The molecule has 0 bridgehead atoms. The minimum atomic E-state index is -0.611. The van der Waals surface area contributed by atoms with E-state index in [1.54, 1.807) is 13.0 Å². The Balaban J connectivity index is 1.50. The van der Waals surface area contributed by atoms with Crippen molar-refractivity contribution >= 4 is 17.4 Å². The fraction of sp³-hybridized carbons (Fsp3) is 0.500. The molecule has 128 valence electrons. The van der Waals surface area contributed by atoms with Crippen LogP contribution in [-0.4, -0.2) is 48.7 Å². The quantitative estimate of drug-likeness (QED) is 0.700. The number of nitrogens with one attached hydrogen (secondary N) is 3. The first kappa shape index (κ1) is 15.3. The van der Waals surface area contributed by atoms with E-state index < -0.39 is 18.0 Å². The highest BCUT2D eigenvalue weighted by molar-refractivity contribution is 6.03. The highest BCUT2D eigenvalue weighted by atomic mass is 19.1. The van der Waals surface area contributed by atoms with Gasteiger partial charge in [0.2, 0.25) is 6.23 Å². The predicted octanol–water partition coefficient (Wildman–Crippen LogP) is 0.971. The number of benzene rings is 1. The Morgan fingerprint density at radius 2 is 2.29 bits per heavy atom. The van der Waals surface area contributed by atoms with E-state index in [-0.39, 0.29) is 11.7 Å². The van der Waals surface area contributed by atoms with Crippen LogP contribution < -0.4 is 16.1 Å². The van der Waals surface area contributed by atoms with E-state index in [9.17, 15) is 9.18 Å². The number of esters is 1. The number of rotatable bonds is 2. The fourth-order valence-corrected chi connectivity index (χ4v) is 3.36. The average molecular weight is 333 g/mol. The number of hydrazone groups is 1. The number of hydrogen-bond donors (Lipinski definition) is 3. The molecule has 3 aliphatic heterocycles. The molecule has 1 aromatic rings. The van der Waals surface area contributed by atoms with Crippen LogP contribution in [-0.2, 0) is 4.74 Å². The van der Waals surface area contributed by atoms with Gasteiger partial charge in [-0.25, -0.2) is 9.18 Å². The SMILES string of the molecule is Cc1c(F)ccc2c1C(=O)OC(C1=NNC(N3CCNC3)CC1)N2. The number of anilines is 1. The molecule has 0 aliphatic carbocycles. The first-order chi connectivity index (χ1) is 11.6. The van der Waals surface area contributed by atoms with Crippen LogP contribution in [0.3, 0.4) is 0 Å². The van der Waals surface area contributed by atoms with Gasteiger partial charge in [-0.1, -0.05) is 0 Å². The molecule has 0 aromatic heterocycles. The summed E-state index contributed by atoms with van der Waals surface area (Å²) in [5, 5.41) is 10.8. The maximum atomic E-state index is 13.6. The number of ether oxygens (including phenoxy) is 1. The highest BCUT2D eigenvalue weighted by Gasteiger charge is 2.34. The second-order valence-corrected chi connectivity index (χ2v) is 6.28. The summed E-state index contributed by atoms with van der Waals surface area (Å²) in [5.41, 5.74) is 5.05. The number of fused-ring (bicyclic) bond motifs is 1. The van der Waals surface area contributed by atoms with Gasteiger partial charge >= 0.3 is 5.97 Å². The molecule has 7 nitrogen and oxygen atoms in total. The largest absolute Gasteiger partial charge is 0.432 e. The molecular formula is C16H20FN5O2. The summed E-state index contributed by atoms with van der Waals surface area (Å²) in [4.78, 5) is 14.6. The summed E-state index contributed by atoms with van der Waals surface area (Å²) in [6.07, 6.45) is 1.21. The van der Waals surface area contributed by atoms with E-state index in [0.29, 0.717) is 11.3 Å². The standard InChI is InChI=1S/C16H20FN5O2/c1-9-10(17)2-3-11-14(9)16(23)24-15(19-11)12-4-5-13(21-20-12)22-7-6-18-8-22/h2-3,13,15,18-19,21H,4-8H2,1H3.